The van der Waals surface area contributed by atoms with Gasteiger partial charge in [-0.15, -0.1) is 0 Å². The van der Waals surface area contributed by atoms with E-state index in [2.05, 4.69) is 43.5 Å². The number of amides is 1. The zero-order chi connectivity index (χ0) is 23.0. The van der Waals surface area contributed by atoms with Crippen molar-refractivity contribution in [2.75, 3.05) is 31.1 Å². The zero-order valence-electron chi connectivity index (χ0n) is 18.0. The van der Waals surface area contributed by atoms with Crippen LogP contribution in [0, 0.1) is 11.8 Å². The number of benzene rings is 2. The van der Waals surface area contributed by atoms with E-state index < -0.39 is 0 Å². The van der Waals surface area contributed by atoms with Crippen molar-refractivity contribution in [3.05, 3.63) is 94.3 Å². The fourth-order valence-corrected chi connectivity index (χ4v) is 3.96. The van der Waals surface area contributed by atoms with Crippen LogP contribution in [0.5, 0.6) is 0 Å². The van der Waals surface area contributed by atoms with Crippen molar-refractivity contribution in [1.82, 2.24) is 14.6 Å². The Morgan fingerprint density at radius 3 is 2.39 bits per heavy atom. The van der Waals surface area contributed by atoms with Crippen LogP contribution in [0.1, 0.15) is 27.2 Å². The Labute approximate surface area is 203 Å². The highest BCUT2D eigenvalue weighted by atomic mass is 35.5. The number of rotatable bonds is 5. The summed E-state index contributed by atoms with van der Waals surface area (Å²) in [4.78, 5) is 19.0. The van der Waals surface area contributed by atoms with Crippen molar-refractivity contribution < 1.29 is 4.79 Å². The van der Waals surface area contributed by atoms with E-state index in [9.17, 15) is 4.79 Å². The van der Waals surface area contributed by atoms with Crippen LogP contribution in [0.2, 0.25) is 5.02 Å². The molecule has 0 spiro atoms. The third kappa shape index (κ3) is 6.50. The van der Waals surface area contributed by atoms with E-state index in [1.807, 2.05) is 24.3 Å². The minimum absolute atomic E-state index is 0.244. The Kier molecular flexibility index (Phi) is 7.87. The quantitative estimate of drug-likeness (QED) is 0.431. The fraction of sp³-hybridized carbons (Fsp3) is 0.200. The number of carbonyl (C=O) groups is 1. The van der Waals surface area contributed by atoms with Crippen molar-refractivity contribution in [1.29, 1.82) is 0 Å². The predicted octanol–water partition coefficient (Wildman–Crippen LogP) is 3.71. The Morgan fingerprint density at radius 2 is 1.70 bits per heavy atom. The molecule has 3 aromatic rings. The Morgan fingerprint density at radius 1 is 1.00 bits per heavy atom. The van der Waals surface area contributed by atoms with Crippen LogP contribution in [0.15, 0.2) is 66.9 Å². The molecule has 1 aliphatic rings. The Balaban J connectivity index is 1.36. The summed E-state index contributed by atoms with van der Waals surface area (Å²) in [6.45, 7) is 4.20. The maximum atomic E-state index is 12.5. The van der Waals surface area contributed by atoms with Gasteiger partial charge in [-0.25, -0.2) is 4.31 Å². The average Bonchev–Trinajstić information content (AvgIpc) is 2.87. The SMILES string of the molecule is NSN1CCN(c2ccc(C#Cc3ccnc(C(=O)NCc4ccc(Cl)cc4)c3)cc2)CC1. The lowest BCUT2D eigenvalue weighted by Gasteiger charge is -2.34. The van der Waals surface area contributed by atoms with Crippen molar-refractivity contribution in [3.63, 3.8) is 0 Å². The van der Waals surface area contributed by atoms with Crippen molar-refractivity contribution in [3.8, 4) is 11.8 Å². The number of nitrogens with one attached hydrogen (secondary N) is 1. The van der Waals surface area contributed by atoms with E-state index in [1.165, 1.54) is 17.8 Å². The van der Waals surface area contributed by atoms with E-state index in [0.717, 1.165) is 42.9 Å². The van der Waals surface area contributed by atoms with E-state index >= 15 is 0 Å². The molecule has 0 unspecified atom stereocenters. The molecule has 0 atom stereocenters. The predicted molar refractivity (Wildman–Crippen MR) is 135 cm³/mol. The summed E-state index contributed by atoms with van der Waals surface area (Å²) in [5.41, 5.74) is 4.14. The van der Waals surface area contributed by atoms with Crippen LogP contribution >= 0.6 is 23.7 Å². The summed E-state index contributed by atoms with van der Waals surface area (Å²) >= 11 is 7.21. The van der Waals surface area contributed by atoms with E-state index in [0.29, 0.717) is 17.3 Å². The molecule has 168 valence electrons. The smallest absolute Gasteiger partial charge is 0.270 e. The Bertz CT molecular complexity index is 1150. The number of nitrogens with two attached hydrogens (primary N) is 1. The van der Waals surface area contributed by atoms with Gasteiger partial charge in [-0.1, -0.05) is 35.6 Å². The third-order valence-corrected chi connectivity index (χ3v) is 6.25. The molecule has 1 saturated heterocycles. The number of pyridine rings is 1. The second-order valence-corrected chi connectivity index (χ2v) is 8.72. The van der Waals surface area contributed by atoms with E-state index in [-0.39, 0.29) is 5.91 Å². The first kappa shape index (κ1) is 23.1. The van der Waals surface area contributed by atoms with Crippen LogP contribution in [0.3, 0.4) is 0 Å². The molecule has 0 radical (unpaired) electrons. The van der Waals surface area contributed by atoms with Crippen LogP contribution in [-0.2, 0) is 6.54 Å². The van der Waals surface area contributed by atoms with Gasteiger partial charge < -0.3 is 10.2 Å². The van der Waals surface area contributed by atoms with Crippen LogP contribution in [0.25, 0.3) is 0 Å². The zero-order valence-corrected chi connectivity index (χ0v) is 19.6. The van der Waals surface area contributed by atoms with Gasteiger partial charge in [0, 0.05) is 72.9 Å². The lowest BCUT2D eigenvalue weighted by atomic mass is 10.1. The van der Waals surface area contributed by atoms with Crippen molar-refractivity contribution >= 4 is 35.3 Å². The minimum atomic E-state index is -0.244. The second-order valence-electron chi connectivity index (χ2n) is 7.56. The highest BCUT2D eigenvalue weighted by Crippen LogP contribution is 2.18. The standard InChI is InChI=1S/C25H24ClN5OS/c26-22-7-3-21(4-8-22)18-29-25(32)24-17-20(11-12-28-24)2-1-19-5-9-23(10-6-19)30-13-15-31(33-27)16-14-30/h3-12,17H,13-16,18,27H2,(H,29,32). The van der Waals surface area contributed by atoms with Crippen molar-refractivity contribution in [2.24, 2.45) is 5.14 Å². The van der Waals surface area contributed by atoms with Gasteiger partial charge in [-0.3, -0.25) is 14.9 Å². The monoisotopic (exact) mass is 477 g/mol. The maximum Gasteiger partial charge on any atom is 0.270 e. The Hall–Kier alpha value is -3.02. The number of carbonyl (C=O) groups excluding carboxylic acids is 1. The summed E-state index contributed by atoms with van der Waals surface area (Å²) in [5, 5.41) is 9.17. The van der Waals surface area contributed by atoms with Crippen LogP contribution < -0.4 is 15.4 Å². The molecule has 2 aromatic carbocycles. The molecule has 1 amide bonds. The van der Waals surface area contributed by atoms with Gasteiger partial charge in [0.2, 0.25) is 0 Å². The molecular weight excluding hydrogens is 454 g/mol. The molecule has 2 heterocycles. The number of anilines is 1. The molecule has 0 saturated carbocycles. The van der Waals surface area contributed by atoms with Gasteiger partial charge in [0.1, 0.15) is 5.69 Å². The van der Waals surface area contributed by atoms with Gasteiger partial charge in [0.25, 0.3) is 5.91 Å². The normalized spacial score (nSPS) is 13.8. The second kappa shape index (κ2) is 11.2. The van der Waals surface area contributed by atoms with E-state index in [4.69, 9.17) is 16.7 Å². The van der Waals surface area contributed by atoms with E-state index in [1.54, 1.807) is 30.5 Å². The molecule has 4 rings (SSSR count). The summed E-state index contributed by atoms with van der Waals surface area (Å²) in [6, 6.07) is 19.1. The van der Waals surface area contributed by atoms with Crippen LogP contribution in [-0.4, -0.2) is 41.4 Å². The topological polar surface area (TPSA) is 74.5 Å². The summed E-state index contributed by atoms with van der Waals surface area (Å²) < 4.78 is 2.16. The molecule has 33 heavy (non-hydrogen) atoms. The third-order valence-electron chi connectivity index (χ3n) is 5.33. The molecule has 0 bridgehead atoms. The van der Waals surface area contributed by atoms with Gasteiger partial charge in [0.05, 0.1) is 0 Å². The number of halogens is 1. The molecule has 1 fully saturated rings. The molecule has 0 aliphatic carbocycles. The number of nitrogens with zero attached hydrogens (tertiary/aromatic N) is 3. The highest BCUT2D eigenvalue weighted by Gasteiger charge is 2.16. The molecule has 1 aromatic heterocycles. The first-order valence-electron chi connectivity index (χ1n) is 10.6. The molecular formula is C25H24ClN5OS. The minimum Gasteiger partial charge on any atom is -0.369 e. The summed E-state index contributed by atoms with van der Waals surface area (Å²) in [7, 11) is 0. The molecule has 6 nitrogen and oxygen atoms in total. The number of hydrogen-bond acceptors (Lipinski definition) is 6. The summed E-state index contributed by atoms with van der Waals surface area (Å²) in [6.07, 6.45) is 1.60. The molecule has 1 aliphatic heterocycles. The van der Waals surface area contributed by atoms with Gasteiger partial charge in [0.15, 0.2) is 0 Å². The maximum absolute atomic E-state index is 12.5. The molecule has 8 heteroatoms. The van der Waals surface area contributed by atoms with Crippen LogP contribution in [0.4, 0.5) is 5.69 Å². The first-order chi connectivity index (χ1) is 16.1. The van der Waals surface area contributed by atoms with Crippen molar-refractivity contribution in [2.45, 2.75) is 6.54 Å². The summed E-state index contributed by atoms with van der Waals surface area (Å²) in [5.74, 6) is 6.05. The average molecular weight is 478 g/mol. The fourth-order valence-electron chi connectivity index (χ4n) is 3.46. The lowest BCUT2D eigenvalue weighted by molar-refractivity contribution is 0.0946. The lowest BCUT2D eigenvalue weighted by Crippen LogP contribution is -2.44. The van der Waals surface area contributed by atoms with Gasteiger partial charge in [-0.05, 0) is 54.1 Å². The first-order valence-corrected chi connectivity index (χ1v) is 11.8. The van der Waals surface area contributed by atoms with Gasteiger partial charge in [-0.2, -0.15) is 0 Å². The number of hydrogen-bond donors (Lipinski definition) is 2. The van der Waals surface area contributed by atoms with Gasteiger partial charge >= 0.3 is 0 Å². The largest absolute Gasteiger partial charge is 0.369 e. The number of aromatic nitrogens is 1. The highest BCUT2D eigenvalue weighted by molar-refractivity contribution is 7.94. The molecule has 3 N–H and O–H groups in total. The number of piperazine rings is 1.